The second kappa shape index (κ2) is 6.48. The van der Waals surface area contributed by atoms with Crippen molar-refractivity contribution in [3.8, 4) is 11.5 Å². The maximum absolute atomic E-state index is 13.0. The third-order valence-corrected chi connectivity index (χ3v) is 6.58. The summed E-state index contributed by atoms with van der Waals surface area (Å²) in [5, 5.41) is 0.267. The second-order valence-electron chi connectivity index (χ2n) is 5.99. The van der Waals surface area contributed by atoms with E-state index in [1.807, 2.05) is 18.2 Å². The number of fused-ring (bicyclic) bond motifs is 1. The second-order valence-corrected chi connectivity index (χ2v) is 8.27. The van der Waals surface area contributed by atoms with Gasteiger partial charge < -0.3 is 9.47 Å². The van der Waals surface area contributed by atoms with Crippen LogP contribution < -0.4 is 9.47 Å². The molecule has 1 fully saturated rings. The lowest BCUT2D eigenvalue weighted by Crippen LogP contribution is -2.30. The van der Waals surface area contributed by atoms with E-state index in [1.165, 1.54) is 22.6 Å². The molecule has 25 heavy (non-hydrogen) atoms. The molecule has 4 rings (SSSR count). The van der Waals surface area contributed by atoms with E-state index >= 15 is 0 Å². The zero-order valence-corrected chi connectivity index (χ0v) is 15.0. The molecule has 132 valence electrons. The van der Waals surface area contributed by atoms with Crippen molar-refractivity contribution in [2.24, 2.45) is 0 Å². The number of nitrogens with zero attached hydrogens (tertiary/aromatic N) is 2. The van der Waals surface area contributed by atoms with Crippen molar-refractivity contribution < 1.29 is 17.9 Å². The van der Waals surface area contributed by atoms with Crippen LogP contribution in [-0.4, -0.2) is 37.5 Å². The fourth-order valence-corrected chi connectivity index (χ4v) is 5.02. The van der Waals surface area contributed by atoms with Crippen molar-refractivity contribution in [1.29, 1.82) is 0 Å². The SMILES string of the molecule is O=S(=O)(c1ccc(Cl)nc1)N1CCC[C@@H]1c1ccc2c(c1)OCCO2. The van der Waals surface area contributed by atoms with E-state index in [1.54, 1.807) is 0 Å². The Kier molecular flexibility index (Phi) is 4.31. The van der Waals surface area contributed by atoms with Crippen molar-refractivity contribution in [1.82, 2.24) is 9.29 Å². The maximum Gasteiger partial charge on any atom is 0.245 e. The van der Waals surface area contributed by atoms with Gasteiger partial charge >= 0.3 is 0 Å². The molecule has 0 aliphatic carbocycles. The molecule has 8 heteroatoms. The van der Waals surface area contributed by atoms with Crippen molar-refractivity contribution >= 4 is 21.6 Å². The number of ether oxygens (including phenoxy) is 2. The summed E-state index contributed by atoms with van der Waals surface area (Å²) < 4.78 is 38.7. The highest BCUT2D eigenvalue weighted by Crippen LogP contribution is 2.40. The molecule has 3 heterocycles. The number of halogens is 1. The topological polar surface area (TPSA) is 68.7 Å². The number of hydrogen-bond acceptors (Lipinski definition) is 5. The van der Waals surface area contributed by atoms with Gasteiger partial charge in [-0.2, -0.15) is 4.31 Å². The van der Waals surface area contributed by atoms with Gasteiger partial charge in [-0.3, -0.25) is 0 Å². The molecule has 2 aliphatic rings. The number of aromatic nitrogens is 1. The van der Waals surface area contributed by atoms with Gasteiger partial charge in [-0.1, -0.05) is 17.7 Å². The number of benzene rings is 1. The maximum atomic E-state index is 13.0. The summed E-state index contributed by atoms with van der Waals surface area (Å²) in [7, 11) is -3.63. The van der Waals surface area contributed by atoms with Gasteiger partial charge in [0.05, 0.1) is 6.04 Å². The molecule has 1 saturated heterocycles. The molecule has 0 spiro atoms. The van der Waals surface area contributed by atoms with Crippen LogP contribution in [0.5, 0.6) is 11.5 Å². The molecule has 0 saturated carbocycles. The molecule has 0 unspecified atom stereocenters. The Morgan fingerprint density at radius 2 is 1.92 bits per heavy atom. The third-order valence-electron chi connectivity index (χ3n) is 4.46. The Morgan fingerprint density at radius 3 is 2.68 bits per heavy atom. The fraction of sp³-hybridized carbons (Fsp3) is 0.353. The van der Waals surface area contributed by atoms with E-state index in [0.29, 0.717) is 31.3 Å². The summed E-state index contributed by atoms with van der Waals surface area (Å²) in [5.74, 6) is 1.37. The predicted molar refractivity (Wildman–Crippen MR) is 92.5 cm³/mol. The molecule has 0 bridgehead atoms. The van der Waals surface area contributed by atoms with Gasteiger partial charge in [0.2, 0.25) is 10.0 Å². The molecular weight excluding hydrogens is 364 g/mol. The number of rotatable bonds is 3. The van der Waals surface area contributed by atoms with E-state index in [0.717, 1.165) is 18.4 Å². The molecule has 2 aromatic rings. The number of pyridine rings is 1. The van der Waals surface area contributed by atoms with Crippen LogP contribution in [0.2, 0.25) is 5.15 Å². The Labute approximate surface area is 151 Å². The quantitative estimate of drug-likeness (QED) is 0.765. The van der Waals surface area contributed by atoms with Crippen molar-refractivity contribution in [3.05, 3.63) is 47.2 Å². The monoisotopic (exact) mass is 380 g/mol. The molecule has 1 aromatic heterocycles. The fourth-order valence-electron chi connectivity index (χ4n) is 3.28. The third kappa shape index (κ3) is 3.07. The standard InChI is InChI=1S/C17H17ClN2O4S/c18-17-6-4-13(11-19-17)25(21,22)20-7-1-2-14(20)12-3-5-15-16(10-12)24-9-8-23-15/h3-6,10-11,14H,1-2,7-9H2/t14-/m1/s1. The lowest BCUT2D eigenvalue weighted by molar-refractivity contribution is 0.171. The first-order valence-corrected chi connectivity index (χ1v) is 9.90. The predicted octanol–water partition coefficient (Wildman–Crippen LogP) is 3.03. The largest absolute Gasteiger partial charge is 0.486 e. The van der Waals surface area contributed by atoms with E-state index in [9.17, 15) is 8.42 Å². The summed E-state index contributed by atoms with van der Waals surface area (Å²) in [6.45, 7) is 1.50. The normalized spacial score (nSPS) is 20.6. The van der Waals surface area contributed by atoms with E-state index in [2.05, 4.69) is 4.98 Å². The summed E-state index contributed by atoms with van der Waals surface area (Å²) in [4.78, 5) is 4.05. The highest BCUT2D eigenvalue weighted by Gasteiger charge is 2.36. The van der Waals surface area contributed by atoms with Crippen LogP contribution in [0, 0.1) is 0 Å². The van der Waals surface area contributed by atoms with Gasteiger partial charge in [-0.05, 0) is 42.7 Å². The Bertz CT molecular complexity index is 886. The first kappa shape index (κ1) is 16.6. The zero-order valence-electron chi connectivity index (χ0n) is 13.4. The first-order valence-electron chi connectivity index (χ1n) is 8.09. The van der Waals surface area contributed by atoms with Crippen LogP contribution in [0.25, 0.3) is 0 Å². The summed E-state index contributed by atoms with van der Waals surface area (Å²) in [6.07, 6.45) is 2.87. The van der Waals surface area contributed by atoms with Crippen LogP contribution in [0.4, 0.5) is 0 Å². The highest BCUT2D eigenvalue weighted by molar-refractivity contribution is 7.89. The Morgan fingerprint density at radius 1 is 1.12 bits per heavy atom. The summed E-state index contributed by atoms with van der Waals surface area (Å²) in [5.41, 5.74) is 0.909. The molecular formula is C17H17ClN2O4S. The number of hydrogen-bond donors (Lipinski definition) is 0. The Hall–Kier alpha value is -1.83. The summed E-state index contributed by atoms with van der Waals surface area (Å²) in [6, 6.07) is 8.39. The van der Waals surface area contributed by atoms with Gasteiger partial charge in [0.25, 0.3) is 0 Å². The first-order chi connectivity index (χ1) is 12.1. The average Bonchev–Trinajstić information content (AvgIpc) is 3.12. The molecule has 1 aromatic carbocycles. The van der Waals surface area contributed by atoms with Crippen molar-refractivity contribution in [2.45, 2.75) is 23.8 Å². The smallest absolute Gasteiger partial charge is 0.245 e. The minimum Gasteiger partial charge on any atom is -0.486 e. The van der Waals surface area contributed by atoms with Crippen molar-refractivity contribution in [2.75, 3.05) is 19.8 Å². The van der Waals surface area contributed by atoms with Crippen LogP contribution in [0.15, 0.2) is 41.4 Å². The van der Waals surface area contributed by atoms with E-state index < -0.39 is 10.0 Å². The number of sulfonamides is 1. The minimum atomic E-state index is -3.63. The van der Waals surface area contributed by atoms with Gasteiger partial charge in [-0.15, -0.1) is 0 Å². The van der Waals surface area contributed by atoms with Crippen LogP contribution in [0.3, 0.4) is 0 Å². The lowest BCUT2D eigenvalue weighted by atomic mass is 10.0. The lowest BCUT2D eigenvalue weighted by Gasteiger charge is -2.26. The highest BCUT2D eigenvalue weighted by atomic mass is 35.5. The molecule has 6 nitrogen and oxygen atoms in total. The van der Waals surface area contributed by atoms with Gasteiger partial charge in [-0.25, -0.2) is 13.4 Å². The van der Waals surface area contributed by atoms with Crippen LogP contribution in [-0.2, 0) is 10.0 Å². The zero-order chi connectivity index (χ0) is 17.4. The van der Waals surface area contributed by atoms with Gasteiger partial charge in [0.15, 0.2) is 11.5 Å². The van der Waals surface area contributed by atoms with Crippen molar-refractivity contribution in [3.63, 3.8) is 0 Å². The average molecular weight is 381 g/mol. The molecule has 0 amide bonds. The molecule has 1 atom stereocenters. The minimum absolute atomic E-state index is 0.154. The molecule has 0 N–H and O–H groups in total. The Balaban J connectivity index is 1.67. The molecule has 0 radical (unpaired) electrons. The van der Waals surface area contributed by atoms with E-state index in [4.69, 9.17) is 21.1 Å². The van der Waals surface area contributed by atoms with Gasteiger partial charge in [0.1, 0.15) is 23.3 Å². The van der Waals surface area contributed by atoms with Gasteiger partial charge in [0, 0.05) is 12.7 Å². The van der Waals surface area contributed by atoms with Crippen LogP contribution >= 0.6 is 11.6 Å². The van der Waals surface area contributed by atoms with Crippen LogP contribution in [0.1, 0.15) is 24.4 Å². The van der Waals surface area contributed by atoms with E-state index in [-0.39, 0.29) is 16.1 Å². The summed E-state index contributed by atoms with van der Waals surface area (Å²) >= 11 is 5.77. The molecule has 2 aliphatic heterocycles.